The number of hydrogen-bond donors (Lipinski definition) is 0. The molecule has 0 aromatic heterocycles. The molecule has 0 aromatic rings. The van der Waals surface area contributed by atoms with Crippen molar-refractivity contribution in [1.82, 2.24) is 0 Å². The van der Waals surface area contributed by atoms with E-state index in [2.05, 4.69) is 18.0 Å². The third-order valence-electron chi connectivity index (χ3n) is 0.598. The summed E-state index contributed by atoms with van der Waals surface area (Å²) in [7, 11) is 1.84. The molecule has 0 unspecified atom stereocenters. The lowest BCUT2D eigenvalue weighted by Gasteiger charge is -1.77. The Hall–Kier alpha value is -0.0862. The molecule has 0 atom stereocenters. The Morgan fingerprint density at radius 1 is 1.33 bits per heavy atom. The molecule has 0 saturated heterocycles. The van der Waals surface area contributed by atoms with Crippen LogP contribution in [-0.4, -0.2) is 19.0 Å². The molecule has 0 spiro atoms. The van der Waals surface area contributed by atoms with Gasteiger partial charge in [0.05, 0.1) is 19.0 Å². The lowest BCUT2D eigenvalue weighted by molar-refractivity contribution is 2.37. The van der Waals surface area contributed by atoms with Gasteiger partial charge in [0, 0.05) is 0 Å². The van der Waals surface area contributed by atoms with Crippen LogP contribution in [0.25, 0.3) is 0 Å². The molecule has 6 heavy (non-hydrogen) atoms. The SMILES string of the molecule is C=C1[Si]C=C[Si]1. The minimum Gasteiger partial charge on any atom is -0.108 e. The molecule has 2 heteroatoms. The molecular weight excluding hydrogens is 104 g/mol. The molecular formula is C4H4Si2. The average Bonchev–Trinajstić information content (AvgIpc) is 1.86. The highest BCUT2D eigenvalue weighted by atomic mass is 28.3. The molecule has 0 saturated carbocycles. The van der Waals surface area contributed by atoms with E-state index in [1.165, 1.54) is 4.82 Å². The van der Waals surface area contributed by atoms with Gasteiger partial charge < -0.3 is 0 Å². The Kier molecular flexibility index (Phi) is 1.07. The zero-order valence-corrected chi connectivity index (χ0v) is 5.36. The van der Waals surface area contributed by atoms with Crippen molar-refractivity contribution in [3.05, 3.63) is 22.8 Å². The van der Waals surface area contributed by atoms with Gasteiger partial charge in [-0.1, -0.05) is 4.82 Å². The zero-order chi connectivity index (χ0) is 4.41. The summed E-state index contributed by atoms with van der Waals surface area (Å²) in [6.07, 6.45) is 0. The van der Waals surface area contributed by atoms with E-state index < -0.39 is 0 Å². The average molecular weight is 108 g/mol. The molecule has 1 heterocycles. The maximum absolute atomic E-state index is 3.82. The predicted molar refractivity (Wildman–Crippen MR) is 29.8 cm³/mol. The topological polar surface area (TPSA) is 0 Å². The normalized spacial score (nSPS) is 19.7. The van der Waals surface area contributed by atoms with Gasteiger partial charge in [-0.25, -0.2) is 0 Å². The molecule has 0 aromatic carbocycles. The molecule has 1 rings (SSSR count). The van der Waals surface area contributed by atoms with Gasteiger partial charge in [0.1, 0.15) is 0 Å². The van der Waals surface area contributed by atoms with Crippen LogP contribution in [0.4, 0.5) is 0 Å². The van der Waals surface area contributed by atoms with Crippen molar-refractivity contribution in [2.75, 3.05) is 0 Å². The van der Waals surface area contributed by atoms with Gasteiger partial charge in [-0.05, 0) is 0 Å². The molecule has 1 aliphatic heterocycles. The van der Waals surface area contributed by atoms with Gasteiger partial charge in [-0.15, -0.1) is 18.0 Å². The van der Waals surface area contributed by atoms with E-state index in [0.717, 1.165) is 19.0 Å². The van der Waals surface area contributed by atoms with Gasteiger partial charge >= 0.3 is 0 Å². The van der Waals surface area contributed by atoms with E-state index in [1.54, 1.807) is 0 Å². The van der Waals surface area contributed by atoms with Crippen molar-refractivity contribution in [2.45, 2.75) is 0 Å². The second-order valence-electron chi connectivity index (χ2n) is 1.10. The Balaban J connectivity index is 2.52. The maximum Gasteiger partial charge on any atom is 0.0987 e. The van der Waals surface area contributed by atoms with Crippen molar-refractivity contribution < 1.29 is 0 Å². The van der Waals surface area contributed by atoms with Crippen LogP contribution >= 0.6 is 0 Å². The van der Waals surface area contributed by atoms with Crippen LogP contribution in [-0.2, 0) is 0 Å². The predicted octanol–water partition coefficient (Wildman–Crippen LogP) is 0.351. The van der Waals surface area contributed by atoms with Gasteiger partial charge in [-0.3, -0.25) is 0 Å². The van der Waals surface area contributed by atoms with E-state index in [9.17, 15) is 0 Å². The van der Waals surface area contributed by atoms with E-state index in [4.69, 9.17) is 0 Å². The van der Waals surface area contributed by atoms with Crippen molar-refractivity contribution in [1.29, 1.82) is 0 Å². The summed E-state index contributed by atoms with van der Waals surface area (Å²) in [4.78, 5) is 1.40. The summed E-state index contributed by atoms with van der Waals surface area (Å²) < 4.78 is 0. The third kappa shape index (κ3) is 0.695. The minimum absolute atomic E-state index is 0.920. The highest BCUT2D eigenvalue weighted by Gasteiger charge is 1.95. The van der Waals surface area contributed by atoms with Gasteiger partial charge in [-0.2, -0.15) is 0 Å². The molecule has 1 aliphatic rings. The third-order valence-corrected chi connectivity index (χ3v) is 3.16. The van der Waals surface area contributed by atoms with E-state index in [1.807, 2.05) is 0 Å². The van der Waals surface area contributed by atoms with E-state index in [-0.39, 0.29) is 0 Å². The standard InChI is InChI=1S/C4H4Si2/c1-4-5-2-3-6-4/h2-3H,1H2. The first-order chi connectivity index (χ1) is 2.89. The Morgan fingerprint density at radius 2 is 1.83 bits per heavy atom. The summed E-state index contributed by atoms with van der Waals surface area (Å²) >= 11 is 0. The summed E-state index contributed by atoms with van der Waals surface area (Å²) in [5, 5.41) is 0. The molecule has 28 valence electrons. The first-order valence-corrected chi connectivity index (χ1v) is 3.92. The van der Waals surface area contributed by atoms with Crippen LogP contribution in [0.5, 0.6) is 0 Å². The number of rotatable bonds is 0. The smallest absolute Gasteiger partial charge is 0.0987 e. The monoisotopic (exact) mass is 108 g/mol. The molecule has 0 nitrogen and oxygen atoms in total. The van der Waals surface area contributed by atoms with Gasteiger partial charge in [0.25, 0.3) is 0 Å². The van der Waals surface area contributed by atoms with Crippen LogP contribution in [0.3, 0.4) is 0 Å². The fraction of sp³-hybridized carbons (Fsp3) is 0. The van der Waals surface area contributed by atoms with Crippen molar-refractivity contribution in [2.24, 2.45) is 0 Å². The van der Waals surface area contributed by atoms with Crippen LogP contribution < -0.4 is 0 Å². The van der Waals surface area contributed by atoms with Gasteiger partial charge in [0.2, 0.25) is 0 Å². The minimum atomic E-state index is 0.920. The Bertz CT molecular complexity index is 83.7. The fourth-order valence-electron chi connectivity index (χ4n) is 0.326. The Labute approximate surface area is 42.6 Å². The van der Waals surface area contributed by atoms with Crippen molar-refractivity contribution >= 4 is 19.0 Å². The first kappa shape index (κ1) is 4.08. The van der Waals surface area contributed by atoms with Crippen molar-refractivity contribution in [3.63, 3.8) is 0 Å². The highest BCUT2D eigenvalue weighted by Crippen LogP contribution is 1.92. The molecule has 0 aliphatic carbocycles. The zero-order valence-electron chi connectivity index (χ0n) is 3.36. The first-order valence-electron chi connectivity index (χ1n) is 1.76. The lowest BCUT2D eigenvalue weighted by atomic mass is 11.2. The second kappa shape index (κ2) is 1.57. The lowest BCUT2D eigenvalue weighted by Crippen LogP contribution is -1.87. The maximum atomic E-state index is 3.82. The van der Waals surface area contributed by atoms with Crippen LogP contribution in [0.1, 0.15) is 0 Å². The molecule has 0 N–H and O–H groups in total. The van der Waals surface area contributed by atoms with Crippen LogP contribution in [0.15, 0.2) is 22.8 Å². The summed E-state index contributed by atoms with van der Waals surface area (Å²) in [5.74, 6) is 0. The Morgan fingerprint density at radius 3 is 2.00 bits per heavy atom. The van der Waals surface area contributed by atoms with Gasteiger partial charge in [0.15, 0.2) is 0 Å². The molecule has 0 fully saturated rings. The molecule has 0 amide bonds. The summed E-state index contributed by atoms with van der Waals surface area (Å²) in [6.45, 7) is 3.82. The second-order valence-corrected chi connectivity index (χ2v) is 4.05. The van der Waals surface area contributed by atoms with Crippen LogP contribution in [0.2, 0.25) is 0 Å². The van der Waals surface area contributed by atoms with Crippen LogP contribution in [0, 0.1) is 0 Å². The molecule has 0 bridgehead atoms. The number of hydrogen-bond acceptors (Lipinski definition) is 0. The van der Waals surface area contributed by atoms with E-state index >= 15 is 0 Å². The largest absolute Gasteiger partial charge is 0.108 e. The quantitative estimate of drug-likeness (QED) is 0.393. The van der Waals surface area contributed by atoms with Crippen molar-refractivity contribution in [3.8, 4) is 0 Å². The summed E-state index contributed by atoms with van der Waals surface area (Å²) in [5.41, 5.74) is 4.39. The summed E-state index contributed by atoms with van der Waals surface area (Å²) in [6, 6.07) is 0. The van der Waals surface area contributed by atoms with E-state index in [0.29, 0.717) is 0 Å². The fourth-order valence-corrected chi connectivity index (χ4v) is 2.23. The molecule has 4 radical (unpaired) electrons. The highest BCUT2D eigenvalue weighted by molar-refractivity contribution is 6.79.